The summed E-state index contributed by atoms with van der Waals surface area (Å²) in [6.07, 6.45) is -1.34. The Morgan fingerprint density at radius 3 is 2.81 bits per heavy atom. The van der Waals surface area contributed by atoms with Crippen LogP contribution in [-0.2, 0) is 12.6 Å². The molecule has 1 saturated heterocycles. The van der Waals surface area contributed by atoms with Crippen LogP contribution in [0.2, 0.25) is 0 Å². The van der Waals surface area contributed by atoms with E-state index in [4.69, 9.17) is 0 Å². The molecule has 2 aliphatic heterocycles. The monoisotopic (exact) mass is 365 g/mol. The normalized spacial score (nSPS) is 21.5. The lowest BCUT2D eigenvalue weighted by Crippen LogP contribution is -2.44. The molecule has 1 aromatic carbocycles. The summed E-state index contributed by atoms with van der Waals surface area (Å²) in [7, 11) is 0. The molecule has 4 rings (SSSR count). The number of nitrogens with zero attached hydrogens (tertiary/aromatic N) is 2. The molecule has 8 heteroatoms. The largest absolute Gasteiger partial charge is 0.416 e. The summed E-state index contributed by atoms with van der Waals surface area (Å²) in [5.74, 6) is -0.516. The molecule has 2 amide bonds. The van der Waals surface area contributed by atoms with Crippen molar-refractivity contribution in [1.82, 2.24) is 9.88 Å². The van der Waals surface area contributed by atoms with E-state index in [-0.39, 0.29) is 17.8 Å². The molecule has 1 aromatic heterocycles. The lowest BCUT2D eigenvalue weighted by molar-refractivity contribution is -0.137. The molecule has 0 saturated carbocycles. The maximum atomic E-state index is 13.9. The zero-order chi connectivity index (χ0) is 18.5. The van der Waals surface area contributed by atoms with Crippen LogP contribution in [0.5, 0.6) is 0 Å². The zero-order valence-corrected chi connectivity index (χ0v) is 13.6. The fraction of sp³-hybridized carbons (Fsp3) is 0.333. The van der Waals surface area contributed by atoms with Gasteiger partial charge in [0.15, 0.2) is 0 Å². The first-order valence-electron chi connectivity index (χ1n) is 8.24. The zero-order valence-electron chi connectivity index (χ0n) is 13.6. The maximum Gasteiger partial charge on any atom is 0.416 e. The Balaban J connectivity index is 1.59. The van der Waals surface area contributed by atoms with Crippen LogP contribution in [0.25, 0.3) is 0 Å². The number of carbonyl (C=O) groups is 1. The van der Waals surface area contributed by atoms with Gasteiger partial charge < -0.3 is 10.2 Å². The third-order valence-electron chi connectivity index (χ3n) is 5.02. The Morgan fingerprint density at radius 2 is 2.04 bits per heavy atom. The van der Waals surface area contributed by atoms with Crippen LogP contribution in [0, 0.1) is 5.95 Å². The van der Waals surface area contributed by atoms with E-state index in [9.17, 15) is 22.4 Å². The second kappa shape index (κ2) is 5.96. The standard InChI is InChI=1S/C18H15F4N3O/c19-16-14-9-12-4-5-15(13(14)6-7-23-16)25(12)17(26)24-11-3-1-2-10(8-11)18(20,21)22/h1-3,6-8,12,15H,4-5,9H2,(H,24,26)/t12-,15+/m1/s1. The molecule has 3 heterocycles. The molecule has 0 unspecified atom stereocenters. The first-order valence-corrected chi connectivity index (χ1v) is 8.24. The number of halogens is 4. The van der Waals surface area contributed by atoms with Gasteiger partial charge in [0, 0.05) is 23.5 Å². The van der Waals surface area contributed by atoms with Crippen LogP contribution in [0.3, 0.4) is 0 Å². The number of aromatic nitrogens is 1. The van der Waals surface area contributed by atoms with Crippen molar-refractivity contribution in [2.75, 3.05) is 5.32 Å². The number of rotatable bonds is 1. The van der Waals surface area contributed by atoms with E-state index >= 15 is 0 Å². The summed E-state index contributed by atoms with van der Waals surface area (Å²) in [6, 6.07) is 5.28. The molecule has 0 aliphatic carbocycles. The van der Waals surface area contributed by atoms with Gasteiger partial charge in [0.05, 0.1) is 11.6 Å². The Hall–Kier alpha value is -2.64. The highest BCUT2D eigenvalue weighted by Gasteiger charge is 2.43. The Labute approximate surface area is 146 Å². The molecule has 1 N–H and O–H groups in total. The van der Waals surface area contributed by atoms with Crippen molar-refractivity contribution < 1.29 is 22.4 Å². The van der Waals surface area contributed by atoms with Gasteiger partial charge in [0.1, 0.15) is 0 Å². The number of urea groups is 1. The number of benzene rings is 1. The third kappa shape index (κ3) is 2.79. The van der Waals surface area contributed by atoms with Gasteiger partial charge in [0.25, 0.3) is 0 Å². The van der Waals surface area contributed by atoms with Crippen molar-refractivity contribution >= 4 is 11.7 Å². The van der Waals surface area contributed by atoms with Gasteiger partial charge in [-0.2, -0.15) is 17.6 Å². The number of alkyl halides is 3. The van der Waals surface area contributed by atoms with Crippen molar-refractivity contribution in [3.05, 3.63) is 59.2 Å². The van der Waals surface area contributed by atoms with Gasteiger partial charge in [0.2, 0.25) is 5.95 Å². The van der Waals surface area contributed by atoms with Gasteiger partial charge in [-0.05, 0) is 49.1 Å². The number of pyridine rings is 1. The van der Waals surface area contributed by atoms with E-state index in [2.05, 4.69) is 10.3 Å². The maximum absolute atomic E-state index is 13.9. The molecule has 2 bridgehead atoms. The van der Waals surface area contributed by atoms with Crippen LogP contribution >= 0.6 is 0 Å². The van der Waals surface area contributed by atoms with Gasteiger partial charge in [-0.25, -0.2) is 9.78 Å². The Bertz CT molecular complexity index is 868. The van der Waals surface area contributed by atoms with Crippen LogP contribution < -0.4 is 5.32 Å². The van der Waals surface area contributed by atoms with Crippen LogP contribution in [0.15, 0.2) is 36.5 Å². The number of carbonyl (C=O) groups excluding carboxylic acids is 1. The summed E-state index contributed by atoms with van der Waals surface area (Å²) in [5, 5.41) is 2.55. The predicted molar refractivity (Wildman–Crippen MR) is 86.0 cm³/mol. The highest BCUT2D eigenvalue weighted by atomic mass is 19.4. The molecule has 26 heavy (non-hydrogen) atoms. The summed E-state index contributed by atoms with van der Waals surface area (Å²) in [5.41, 5.74) is 0.514. The van der Waals surface area contributed by atoms with E-state index in [1.165, 1.54) is 18.3 Å². The van der Waals surface area contributed by atoms with Crippen LogP contribution in [-0.4, -0.2) is 22.0 Å². The second-order valence-electron chi connectivity index (χ2n) is 6.54. The van der Waals surface area contributed by atoms with E-state index in [1.807, 2.05) is 0 Å². The first-order chi connectivity index (χ1) is 12.3. The van der Waals surface area contributed by atoms with E-state index in [0.29, 0.717) is 18.4 Å². The Morgan fingerprint density at radius 1 is 1.23 bits per heavy atom. The number of nitrogens with one attached hydrogen (secondary N) is 1. The smallest absolute Gasteiger partial charge is 0.314 e. The average molecular weight is 365 g/mol. The fourth-order valence-electron chi connectivity index (χ4n) is 3.89. The summed E-state index contributed by atoms with van der Waals surface area (Å²) in [6.45, 7) is 0. The minimum absolute atomic E-state index is 0.0796. The molecule has 2 aromatic rings. The van der Waals surface area contributed by atoms with E-state index < -0.39 is 23.7 Å². The molecule has 0 spiro atoms. The van der Waals surface area contributed by atoms with Crippen molar-refractivity contribution in [3.63, 3.8) is 0 Å². The SMILES string of the molecule is O=C(Nc1cccc(C(F)(F)F)c1)N1[C@@H]2CC[C@H]1c1ccnc(F)c1C2. The highest BCUT2D eigenvalue weighted by Crippen LogP contribution is 2.44. The molecule has 136 valence electrons. The number of anilines is 1. The molecular weight excluding hydrogens is 350 g/mol. The number of amides is 2. The quantitative estimate of drug-likeness (QED) is 0.596. The lowest BCUT2D eigenvalue weighted by atomic mass is 9.95. The fourth-order valence-corrected chi connectivity index (χ4v) is 3.89. The lowest BCUT2D eigenvalue weighted by Gasteiger charge is -2.36. The van der Waals surface area contributed by atoms with Gasteiger partial charge in [-0.3, -0.25) is 0 Å². The van der Waals surface area contributed by atoms with Crippen molar-refractivity contribution in [1.29, 1.82) is 0 Å². The van der Waals surface area contributed by atoms with Crippen molar-refractivity contribution in [2.45, 2.75) is 37.5 Å². The second-order valence-corrected chi connectivity index (χ2v) is 6.54. The summed E-state index contributed by atoms with van der Waals surface area (Å²) < 4.78 is 52.4. The minimum atomic E-state index is -4.48. The Kier molecular flexibility index (Phi) is 3.86. The third-order valence-corrected chi connectivity index (χ3v) is 5.02. The van der Waals surface area contributed by atoms with Gasteiger partial charge in [-0.1, -0.05) is 6.07 Å². The molecule has 2 aliphatic rings. The van der Waals surface area contributed by atoms with Crippen molar-refractivity contribution in [3.8, 4) is 0 Å². The number of fused-ring (bicyclic) bond motifs is 4. The summed E-state index contributed by atoms with van der Waals surface area (Å²) >= 11 is 0. The summed E-state index contributed by atoms with van der Waals surface area (Å²) in [4.78, 5) is 18.0. The topological polar surface area (TPSA) is 45.2 Å². The van der Waals surface area contributed by atoms with Crippen LogP contribution in [0.1, 0.15) is 35.6 Å². The number of hydrogen-bond donors (Lipinski definition) is 1. The van der Waals surface area contributed by atoms with E-state index in [0.717, 1.165) is 24.1 Å². The predicted octanol–water partition coefficient (Wildman–Crippen LogP) is 4.53. The van der Waals surface area contributed by atoms with Gasteiger partial charge in [-0.15, -0.1) is 0 Å². The molecule has 0 radical (unpaired) electrons. The first kappa shape index (κ1) is 16.8. The highest BCUT2D eigenvalue weighted by molar-refractivity contribution is 5.90. The van der Waals surface area contributed by atoms with Gasteiger partial charge >= 0.3 is 12.2 Å². The van der Waals surface area contributed by atoms with E-state index in [1.54, 1.807) is 11.0 Å². The van der Waals surface area contributed by atoms with Crippen molar-refractivity contribution in [2.24, 2.45) is 0 Å². The molecule has 4 nitrogen and oxygen atoms in total. The average Bonchev–Trinajstić information content (AvgIpc) is 2.91. The minimum Gasteiger partial charge on any atom is -0.314 e. The molecule has 1 fully saturated rings. The number of hydrogen-bond acceptors (Lipinski definition) is 2. The van der Waals surface area contributed by atoms with Crippen LogP contribution in [0.4, 0.5) is 28.0 Å². The molecular formula is C18H15F4N3O. The molecule has 2 atom stereocenters.